The topological polar surface area (TPSA) is 78.0 Å². The molecule has 0 bridgehead atoms. The molecule has 2 aromatic heterocycles. The number of halogens is 1. The molecular weight excluding hydrogens is 366 g/mol. The number of thioether (sulfide) groups is 1. The van der Waals surface area contributed by atoms with Gasteiger partial charge in [-0.05, 0) is 36.8 Å². The highest BCUT2D eigenvalue weighted by Gasteiger charge is 2.16. The predicted octanol–water partition coefficient (Wildman–Crippen LogP) is 3.24. The molecule has 0 atom stereocenters. The third-order valence-electron chi connectivity index (χ3n) is 3.36. The fourth-order valence-electron chi connectivity index (χ4n) is 2.24. The number of benzene rings is 1. The molecule has 0 aliphatic heterocycles. The van der Waals surface area contributed by atoms with Gasteiger partial charge in [0, 0.05) is 9.90 Å². The first-order chi connectivity index (χ1) is 11.5. The summed E-state index contributed by atoms with van der Waals surface area (Å²) in [5, 5.41) is 1.60. The van der Waals surface area contributed by atoms with Gasteiger partial charge in [-0.25, -0.2) is 4.98 Å². The minimum atomic E-state index is -0.461. The summed E-state index contributed by atoms with van der Waals surface area (Å²) in [6.07, 6.45) is 0.838. The molecule has 3 aromatic rings. The maximum absolute atomic E-state index is 13.0. The van der Waals surface area contributed by atoms with Crippen LogP contribution < -0.4 is 11.3 Å². The van der Waals surface area contributed by atoms with Gasteiger partial charge in [0.2, 0.25) is 5.91 Å². The third kappa shape index (κ3) is 3.33. The van der Waals surface area contributed by atoms with Gasteiger partial charge in [0.1, 0.15) is 4.83 Å². The van der Waals surface area contributed by atoms with E-state index in [1.54, 1.807) is 24.3 Å². The van der Waals surface area contributed by atoms with Crippen LogP contribution in [0.5, 0.6) is 0 Å². The van der Waals surface area contributed by atoms with Crippen LogP contribution in [0.3, 0.4) is 0 Å². The van der Waals surface area contributed by atoms with Crippen molar-refractivity contribution in [1.82, 2.24) is 9.55 Å². The number of carbonyl (C=O) groups excluding carboxylic acids is 1. The molecule has 2 heterocycles. The Morgan fingerprint density at radius 1 is 1.38 bits per heavy atom. The van der Waals surface area contributed by atoms with Crippen LogP contribution in [0, 0.1) is 0 Å². The average Bonchev–Trinajstić information content (AvgIpc) is 2.98. The Morgan fingerprint density at radius 3 is 2.71 bits per heavy atom. The largest absolute Gasteiger partial charge is 0.369 e. The third-order valence-corrected chi connectivity index (χ3v) is 5.75. The van der Waals surface area contributed by atoms with E-state index in [1.807, 2.05) is 13.0 Å². The summed E-state index contributed by atoms with van der Waals surface area (Å²) < 4.78 is 1.50. The number of thiophene rings is 1. The molecule has 124 valence electrons. The summed E-state index contributed by atoms with van der Waals surface area (Å²) >= 11 is 8.57. The summed E-state index contributed by atoms with van der Waals surface area (Å²) in [7, 11) is 0. The molecular formula is C16H14ClN3O2S2. The van der Waals surface area contributed by atoms with E-state index in [-0.39, 0.29) is 11.3 Å². The van der Waals surface area contributed by atoms with Crippen molar-refractivity contribution in [2.75, 3.05) is 5.75 Å². The SMILES string of the molecule is CCc1cc2c(=O)n(-c3ccc(Cl)cc3)c(SCC(N)=O)nc2s1. The lowest BCUT2D eigenvalue weighted by Crippen LogP contribution is -2.22. The number of nitrogens with zero attached hydrogens (tertiary/aromatic N) is 2. The summed E-state index contributed by atoms with van der Waals surface area (Å²) in [6, 6.07) is 8.80. The number of fused-ring (bicyclic) bond motifs is 1. The second kappa shape index (κ2) is 6.96. The van der Waals surface area contributed by atoms with Crippen LogP contribution in [0.4, 0.5) is 0 Å². The van der Waals surface area contributed by atoms with Crippen LogP contribution in [-0.4, -0.2) is 21.2 Å². The van der Waals surface area contributed by atoms with Crippen molar-refractivity contribution in [3.8, 4) is 5.69 Å². The average molecular weight is 380 g/mol. The zero-order valence-electron chi connectivity index (χ0n) is 12.8. The van der Waals surface area contributed by atoms with Crippen LogP contribution in [0.2, 0.25) is 5.02 Å². The van der Waals surface area contributed by atoms with Gasteiger partial charge in [-0.2, -0.15) is 0 Å². The van der Waals surface area contributed by atoms with Crippen molar-refractivity contribution in [3.63, 3.8) is 0 Å². The Labute approximate surface area is 151 Å². The number of hydrogen-bond donors (Lipinski definition) is 1. The molecule has 8 heteroatoms. The molecule has 2 N–H and O–H groups in total. The molecule has 0 radical (unpaired) electrons. The quantitative estimate of drug-likeness (QED) is 0.545. The highest BCUT2D eigenvalue weighted by atomic mass is 35.5. The monoisotopic (exact) mass is 379 g/mol. The van der Waals surface area contributed by atoms with E-state index >= 15 is 0 Å². The summed E-state index contributed by atoms with van der Waals surface area (Å²) in [4.78, 5) is 30.5. The van der Waals surface area contributed by atoms with Crippen molar-refractivity contribution in [3.05, 3.63) is 50.6 Å². The number of hydrogen-bond acceptors (Lipinski definition) is 5. The molecule has 1 aromatic carbocycles. The van der Waals surface area contributed by atoms with Gasteiger partial charge in [-0.15, -0.1) is 11.3 Å². The van der Waals surface area contributed by atoms with E-state index < -0.39 is 5.91 Å². The lowest BCUT2D eigenvalue weighted by atomic mass is 10.3. The Kier molecular flexibility index (Phi) is 4.93. The van der Waals surface area contributed by atoms with Crippen LogP contribution >= 0.6 is 34.7 Å². The maximum atomic E-state index is 13.0. The smallest absolute Gasteiger partial charge is 0.267 e. The predicted molar refractivity (Wildman–Crippen MR) is 99.5 cm³/mol. The van der Waals surface area contributed by atoms with Gasteiger partial charge in [0.05, 0.1) is 16.8 Å². The first-order valence-electron chi connectivity index (χ1n) is 7.22. The molecule has 0 spiro atoms. The van der Waals surface area contributed by atoms with E-state index in [0.717, 1.165) is 23.1 Å². The van der Waals surface area contributed by atoms with Gasteiger partial charge in [0.25, 0.3) is 5.56 Å². The van der Waals surface area contributed by atoms with Crippen molar-refractivity contribution in [2.45, 2.75) is 18.5 Å². The molecule has 0 saturated carbocycles. The van der Waals surface area contributed by atoms with Gasteiger partial charge in [-0.1, -0.05) is 30.3 Å². The number of nitrogens with two attached hydrogens (primary N) is 1. The van der Waals surface area contributed by atoms with Gasteiger partial charge in [0.15, 0.2) is 5.16 Å². The van der Waals surface area contributed by atoms with E-state index in [1.165, 1.54) is 15.9 Å². The Balaban J connectivity index is 2.24. The highest BCUT2D eigenvalue weighted by molar-refractivity contribution is 7.99. The number of aromatic nitrogens is 2. The fourth-order valence-corrected chi connectivity index (χ4v) is 4.12. The number of primary amides is 1. The van der Waals surface area contributed by atoms with Gasteiger partial charge >= 0.3 is 0 Å². The number of amides is 1. The molecule has 0 fully saturated rings. The molecule has 0 aliphatic carbocycles. The maximum Gasteiger partial charge on any atom is 0.267 e. The van der Waals surface area contributed by atoms with Crippen LogP contribution in [0.1, 0.15) is 11.8 Å². The van der Waals surface area contributed by atoms with Crippen molar-refractivity contribution in [1.29, 1.82) is 0 Å². The number of aryl methyl sites for hydroxylation is 1. The van der Waals surface area contributed by atoms with Crippen LogP contribution in [-0.2, 0) is 11.2 Å². The molecule has 0 unspecified atom stereocenters. The highest BCUT2D eigenvalue weighted by Crippen LogP contribution is 2.27. The standard InChI is InChI=1S/C16H14ClN3O2S2/c1-2-11-7-12-14(24-11)19-16(23-8-13(18)21)20(15(12)22)10-5-3-9(17)4-6-10/h3-7H,2,8H2,1H3,(H2,18,21). The molecule has 5 nitrogen and oxygen atoms in total. The lowest BCUT2D eigenvalue weighted by Gasteiger charge is -2.11. The molecule has 0 aliphatic rings. The Hall–Kier alpha value is -1.83. The lowest BCUT2D eigenvalue weighted by molar-refractivity contribution is -0.115. The Bertz CT molecular complexity index is 964. The summed E-state index contributed by atoms with van der Waals surface area (Å²) in [5.41, 5.74) is 5.72. The molecule has 24 heavy (non-hydrogen) atoms. The first-order valence-corrected chi connectivity index (χ1v) is 9.40. The van der Waals surface area contributed by atoms with Crippen LogP contribution in [0.25, 0.3) is 15.9 Å². The van der Waals surface area contributed by atoms with Gasteiger partial charge in [-0.3, -0.25) is 14.2 Å². The van der Waals surface area contributed by atoms with E-state index in [9.17, 15) is 9.59 Å². The molecule has 3 rings (SSSR count). The Morgan fingerprint density at radius 2 is 2.08 bits per heavy atom. The van der Waals surface area contributed by atoms with E-state index in [2.05, 4.69) is 4.98 Å². The van der Waals surface area contributed by atoms with Crippen LogP contribution in [0.15, 0.2) is 40.3 Å². The molecule has 1 amide bonds. The van der Waals surface area contributed by atoms with Crippen molar-refractivity contribution < 1.29 is 4.79 Å². The van der Waals surface area contributed by atoms with E-state index in [0.29, 0.717) is 26.1 Å². The van der Waals surface area contributed by atoms with Crippen molar-refractivity contribution in [2.24, 2.45) is 5.73 Å². The zero-order valence-corrected chi connectivity index (χ0v) is 15.2. The molecule has 0 saturated heterocycles. The fraction of sp³-hybridized carbons (Fsp3) is 0.188. The zero-order chi connectivity index (χ0) is 17.3. The first kappa shape index (κ1) is 17.0. The van der Waals surface area contributed by atoms with Crippen molar-refractivity contribution >= 4 is 50.8 Å². The van der Waals surface area contributed by atoms with Gasteiger partial charge < -0.3 is 5.73 Å². The second-order valence-electron chi connectivity index (χ2n) is 5.05. The normalized spacial score (nSPS) is 11.1. The number of carbonyl (C=O) groups is 1. The summed E-state index contributed by atoms with van der Waals surface area (Å²) in [6.45, 7) is 2.03. The van der Waals surface area contributed by atoms with E-state index in [4.69, 9.17) is 17.3 Å². The summed E-state index contributed by atoms with van der Waals surface area (Å²) in [5.74, 6) is -0.408. The minimum Gasteiger partial charge on any atom is -0.369 e. The number of rotatable bonds is 5. The second-order valence-corrected chi connectivity index (χ2v) is 7.55. The minimum absolute atomic E-state index is 0.0531.